The number of nitrogens with zero attached hydrogens (tertiary/aromatic N) is 5. The number of benzene rings is 2. The van der Waals surface area contributed by atoms with Crippen LogP contribution in [0.25, 0.3) is 16.8 Å². The Morgan fingerprint density at radius 1 is 1.26 bits per heavy atom. The molecule has 0 aliphatic carbocycles. The van der Waals surface area contributed by atoms with Crippen molar-refractivity contribution in [3.8, 4) is 5.69 Å². The lowest BCUT2D eigenvalue weighted by Gasteiger charge is -2.40. The summed E-state index contributed by atoms with van der Waals surface area (Å²) in [6.07, 6.45) is 4.77. The predicted octanol–water partition coefficient (Wildman–Crippen LogP) is 4.86. The van der Waals surface area contributed by atoms with Gasteiger partial charge in [-0.3, -0.25) is 4.79 Å². The van der Waals surface area contributed by atoms with E-state index in [0.717, 1.165) is 12.8 Å². The monoisotopic (exact) mass is 482 g/mol. The van der Waals surface area contributed by atoms with E-state index in [1.54, 1.807) is 31.2 Å². The molecule has 2 atom stereocenters. The van der Waals surface area contributed by atoms with Gasteiger partial charge in [-0.15, -0.1) is 4.80 Å². The number of fused-ring (bicyclic) bond motifs is 1. The van der Waals surface area contributed by atoms with Crippen molar-refractivity contribution >= 4 is 34.6 Å². The van der Waals surface area contributed by atoms with Crippen LogP contribution in [0, 0.1) is 18.7 Å². The van der Waals surface area contributed by atoms with Crippen LogP contribution >= 0.6 is 11.6 Å². The average molecular weight is 483 g/mol. The van der Waals surface area contributed by atoms with Crippen molar-refractivity contribution in [2.45, 2.75) is 32.7 Å². The highest BCUT2D eigenvalue weighted by Gasteiger charge is 2.35. The maximum atomic E-state index is 14.9. The second-order valence-electron chi connectivity index (χ2n) is 8.60. The van der Waals surface area contributed by atoms with E-state index in [4.69, 9.17) is 16.0 Å². The summed E-state index contributed by atoms with van der Waals surface area (Å²) in [6, 6.07) is 8.43. The van der Waals surface area contributed by atoms with E-state index in [1.807, 2.05) is 4.90 Å². The molecular formula is C24H24ClFN6O2. The average Bonchev–Trinajstić information content (AvgIpc) is 3.48. The fraction of sp³-hybridized carbons (Fsp3) is 0.333. The van der Waals surface area contributed by atoms with Gasteiger partial charge in [-0.1, -0.05) is 24.6 Å². The first-order chi connectivity index (χ1) is 16.4. The smallest absolute Gasteiger partial charge is 0.295 e. The molecule has 0 bridgehead atoms. The lowest BCUT2D eigenvalue weighted by atomic mass is 9.89. The normalized spacial score (nSPS) is 18.4. The van der Waals surface area contributed by atoms with Gasteiger partial charge in [0, 0.05) is 18.1 Å². The Morgan fingerprint density at radius 2 is 2.06 bits per heavy atom. The summed E-state index contributed by atoms with van der Waals surface area (Å²) >= 11 is 6.05. The van der Waals surface area contributed by atoms with E-state index < -0.39 is 5.82 Å². The largest absolute Gasteiger partial charge is 0.424 e. The number of anilines is 1. The Labute approximate surface area is 200 Å². The molecule has 1 N–H and O–H groups in total. The SMILES string of the molecule is Cc1ccc(F)c(-n2nccn2)c1C(=O)N1CCCC(C)C1CNc1nc2cc(Cl)ccc2o1. The highest BCUT2D eigenvalue weighted by molar-refractivity contribution is 6.31. The molecule has 2 aromatic heterocycles. The van der Waals surface area contributed by atoms with Gasteiger partial charge in [-0.05, 0) is 55.5 Å². The lowest BCUT2D eigenvalue weighted by Crippen LogP contribution is -2.51. The van der Waals surface area contributed by atoms with Gasteiger partial charge in [0.15, 0.2) is 11.4 Å². The molecule has 1 amide bonds. The number of likely N-dealkylation sites (tertiary alicyclic amines) is 1. The second kappa shape index (κ2) is 9.06. The van der Waals surface area contributed by atoms with Crippen molar-refractivity contribution in [3.63, 3.8) is 0 Å². The van der Waals surface area contributed by atoms with E-state index >= 15 is 0 Å². The summed E-state index contributed by atoms with van der Waals surface area (Å²) in [4.78, 5) is 21.3. The number of nitrogens with one attached hydrogen (secondary N) is 1. The Kier molecular flexibility index (Phi) is 5.95. The number of carbonyl (C=O) groups excluding carboxylic acids is 1. The number of carbonyl (C=O) groups is 1. The van der Waals surface area contributed by atoms with Gasteiger partial charge >= 0.3 is 0 Å². The first-order valence-corrected chi connectivity index (χ1v) is 11.6. The number of aryl methyl sites for hydroxylation is 1. The summed E-state index contributed by atoms with van der Waals surface area (Å²) in [5.74, 6) is -0.564. The zero-order valence-electron chi connectivity index (χ0n) is 18.8. The molecule has 2 unspecified atom stereocenters. The van der Waals surface area contributed by atoms with Gasteiger partial charge in [0.25, 0.3) is 11.9 Å². The standard InChI is InChI=1S/C24H24ClFN6O2/c1-14-4-3-11-31(19(14)13-27-24-30-18-12-16(25)6-8-20(18)34-24)23(33)21-15(2)5-7-17(26)22(21)32-28-9-10-29-32/h5-10,12,14,19H,3-4,11,13H2,1-2H3,(H,27,30). The van der Waals surface area contributed by atoms with Crippen molar-refractivity contribution in [1.82, 2.24) is 24.9 Å². The number of halogens is 2. The molecule has 1 aliphatic heterocycles. The summed E-state index contributed by atoms with van der Waals surface area (Å²) in [6.45, 7) is 4.92. The molecule has 1 fully saturated rings. The topological polar surface area (TPSA) is 89.1 Å². The Hall–Kier alpha value is -3.46. The van der Waals surface area contributed by atoms with Crippen molar-refractivity contribution in [3.05, 3.63) is 64.7 Å². The fourth-order valence-electron chi connectivity index (χ4n) is 4.59. The molecule has 0 spiro atoms. The molecule has 3 heterocycles. The molecule has 10 heteroatoms. The number of aromatic nitrogens is 4. The van der Waals surface area contributed by atoms with E-state index in [9.17, 15) is 9.18 Å². The van der Waals surface area contributed by atoms with E-state index in [-0.39, 0.29) is 29.1 Å². The molecule has 34 heavy (non-hydrogen) atoms. The number of rotatable bonds is 5. The van der Waals surface area contributed by atoms with Gasteiger partial charge in [0.1, 0.15) is 11.2 Å². The number of oxazole rings is 1. The molecule has 1 aliphatic rings. The van der Waals surface area contributed by atoms with Crippen molar-refractivity contribution in [2.24, 2.45) is 5.92 Å². The number of piperidine rings is 1. The number of amides is 1. The Bertz CT molecular complexity index is 1340. The minimum Gasteiger partial charge on any atom is -0.424 e. The minimum absolute atomic E-state index is 0.0655. The summed E-state index contributed by atoms with van der Waals surface area (Å²) in [7, 11) is 0. The van der Waals surface area contributed by atoms with Gasteiger partial charge in [0.05, 0.1) is 24.0 Å². The third kappa shape index (κ3) is 4.11. The van der Waals surface area contributed by atoms with Crippen molar-refractivity contribution in [2.75, 3.05) is 18.4 Å². The van der Waals surface area contributed by atoms with Crippen molar-refractivity contribution in [1.29, 1.82) is 0 Å². The number of hydrogen-bond donors (Lipinski definition) is 1. The molecule has 4 aromatic rings. The molecule has 2 aromatic carbocycles. The fourth-order valence-corrected chi connectivity index (χ4v) is 4.75. The molecule has 1 saturated heterocycles. The summed E-state index contributed by atoms with van der Waals surface area (Å²) < 4.78 is 20.7. The zero-order chi connectivity index (χ0) is 23.8. The molecule has 176 valence electrons. The third-order valence-electron chi connectivity index (χ3n) is 6.36. The second-order valence-corrected chi connectivity index (χ2v) is 9.04. The van der Waals surface area contributed by atoms with Crippen LogP contribution in [0.1, 0.15) is 35.7 Å². The van der Waals surface area contributed by atoms with Crippen LogP contribution in [0.4, 0.5) is 10.4 Å². The first-order valence-electron chi connectivity index (χ1n) is 11.2. The molecule has 5 rings (SSSR count). The minimum atomic E-state index is -0.546. The van der Waals surface area contributed by atoms with E-state index in [2.05, 4.69) is 27.4 Å². The number of hydrogen-bond acceptors (Lipinski definition) is 6. The Balaban J connectivity index is 1.44. The van der Waals surface area contributed by atoms with Crippen LogP contribution in [-0.2, 0) is 0 Å². The highest BCUT2D eigenvalue weighted by Crippen LogP contribution is 2.30. The summed E-state index contributed by atoms with van der Waals surface area (Å²) in [5.41, 5.74) is 2.29. The zero-order valence-corrected chi connectivity index (χ0v) is 19.6. The van der Waals surface area contributed by atoms with Crippen LogP contribution in [0.2, 0.25) is 5.02 Å². The molecular weight excluding hydrogens is 459 g/mol. The van der Waals surface area contributed by atoms with Crippen LogP contribution in [-0.4, -0.2) is 49.9 Å². The predicted molar refractivity (Wildman–Crippen MR) is 127 cm³/mol. The van der Waals surface area contributed by atoms with E-state index in [1.165, 1.54) is 23.3 Å². The van der Waals surface area contributed by atoms with Crippen LogP contribution in [0.3, 0.4) is 0 Å². The highest BCUT2D eigenvalue weighted by atomic mass is 35.5. The van der Waals surface area contributed by atoms with E-state index in [0.29, 0.717) is 40.8 Å². The maximum absolute atomic E-state index is 14.9. The van der Waals surface area contributed by atoms with Crippen LogP contribution in [0.15, 0.2) is 47.1 Å². The van der Waals surface area contributed by atoms with Crippen LogP contribution in [0.5, 0.6) is 0 Å². The van der Waals surface area contributed by atoms with Gasteiger partial charge in [0.2, 0.25) is 0 Å². The molecule has 0 saturated carbocycles. The third-order valence-corrected chi connectivity index (χ3v) is 6.59. The Morgan fingerprint density at radius 3 is 2.85 bits per heavy atom. The molecule has 0 radical (unpaired) electrons. The van der Waals surface area contributed by atoms with Crippen LogP contribution < -0.4 is 5.32 Å². The van der Waals surface area contributed by atoms with Gasteiger partial charge < -0.3 is 14.6 Å². The van der Waals surface area contributed by atoms with Gasteiger partial charge in [-0.25, -0.2) is 4.39 Å². The first kappa shape index (κ1) is 22.3. The van der Waals surface area contributed by atoms with Gasteiger partial charge in [-0.2, -0.15) is 15.2 Å². The quantitative estimate of drug-likeness (QED) is 0.437. The van der Waals surface area contributed by atoms with Crippen molar-refractivity contribution < 1.29 is 13.6 Å². The maximum Gasteiger partial charge on any atom is 0.295 e. The summed E-state index contributed by atoms with van der Waals surface area (Å²) in [5, 5.41) is 12.0. The lowest BCUT2D eigenvalue weighted by molar-refractivity contribution is 0.0537. The molecule has 8 nitrogen and oxygen atoms in total.